The van der Waals surface area contributed by atoms with Crippen molar-refractivity contribution in [2.24, 2.45) is 0 Å². The Morgan fingerprint density at radius 3 is 2.45 bits per heavy atom. The number of aryl methyl sites for hydroxylation is 1. The minimum Gasteiger partial charge on any atom is -0.295 e. The molecule has 1 unspecified atom stereocenters. The molecule has 0 spiro atoms. The third kappa shape index (κ3) is 1.66. The topological polar surface area (TPSA) is 17.1 Å². The highest BCUT2D eigenvalue weighted by atomic mass is 16.1. The number of benzene rings is 2. The minimum absolute atomic E-state index is 0.250. The first-order valence-corrected chi connectivity index (χ1v) is 7.24. The van der Waals surface area contributed by atoms with Gasteiger partial charge in [0.25, 0.3) is 0 Å². The van der Waals surface area contributed by atoms with E-state index in [1.165, 1.54) is 22.3 Å². The van der Waals surface area contributed by atoms with Gasteiger partial charge in [0.1, 0.15) is 0 Å². The molecular weight excluding hydrogens is 244 g/mol. The van der Waals surface area contributed by atoms with Crippen molar-refractivity contribution in [2.45, 2.75) is 25.2 Å². The zero-order valence-electron chi connectivity index (χ0n) is 11.3. The maximum atomic E-state index is 12.3. The summed E-state index contributed by atoms with van der Waals surface area (Å²) in [5, 5.41) is 0. The van der Waals surface area contributed by atoms with E-state index in [2.05, 4.69) is 48.5 Å². The molecule has 2 aliphatic carbocycles. The van der Waals surface area contributed by atoms with E-state index >= 15 is 0 Å². The SMILES string of the molecule is O=C1CC(c2ccccc2)C2=C1CCc1ccccc12. The fraction of sp³-hybridized carbons (Fsp3) is 0.211. The Kier molecular flexibility index (Phi) is 2.59. The molecule has 20 heavy (non-hydrogen) atoms. The maximum Gasteiger partial charge on any atom is 0.160 e. The summed E-state index contributed by atoms with van der Waals surface area (Å²) in [5.74, 6) is 0.600. The van der Waals surface area contributed by atoms with Gasteiger partial charge in [-0.3, -0.25) is 4.79 Å². The molecule has 0 saturated carbocycles. The Labute approximate surface area is 119 Å². The predicted molar refractivity (Wildman–Crippen MR) is 80.5 cm³/mol. The highest BCUT2D eigenvalue weighted by Crippen LogP contribution is 2.48. The van der Waals surface area contributed by atoms with Crippen molar-refractivity contribution in [2.75, 3.05) is 0 Å². The average molecular weight is 260 g/mol. The molecule has 4 rings (SSSR count). The number of hydrogen-bond donors (Lipinski definition) is 0. The lowest BCUT2D eigenvalue weighted by Crippen LogP contribution is -2.06. The molecule has 1 nitrogen and oxygen atoms in total. The normalized spacial score (nSPS) is 20.8. The lowest BCUT2D eigenvalue weighted by Gasteiger charge is -2.22. The van der Waals surface area contributed by atoms with E-state index in [0.717, 1.165) is 18.4 Å². The molecular formula is C19H16O. The van der Waals surface area contributed by atoms with Crippen LogP contribution in [0.2, 0.25) is 0 Å². The standard InChI is InChI=1S/C19H16O/c20-18-12-17(13-6-2-1-3-7-13)19-15-9-5-4-8-14(15)10-11-16(18)19/h1-9,17H,10-12H2. The summed E-state index contributed by atoms with van der Waals surface area (Å²) in [6.45, 7) is 0. The monoisotopic (exact) mass is 260 g/mol. The number of ketones is 1. The Morgan fingerprint density at radius 1 is 0.850 bits per heavy atom. The van der Waals surface area contributed by atoms with Crippen LogP contribution in [0, 0.1) is 0 Å². The molecule has 0 amide bonds. The van der Waals surface area contributed by atoms with Gasteiger partial charge in [-0.15, -0.1) is 0 Å². The van der Waals surface area contributed by atoms with Gasteiger partial charge in [-0.2, -0.15) is 0 Å². The van der Waals surface area contributed by atoms with Crippen molar-refractivity contribution in [1.29, 1.82) is 0 Å². The van der Waals surface area contributed by atoms with Gasteiger partial charge in [0.05, 0.1) is 0 Å². The highest BCUT2D eigenvalue weighted by molar-refractivity contribution is 6.10. The smallest absolute Gasteiger partial charge is 0.160 e. The van der Waals surface area contributed by atoms with Crippen molar-refractivity contribution in [3.8, 4) is 0 Å². The van der Waals surface area contributed by atoms with E-state index in [0.29, 0.717) is 12.2 Å². The first-order valence-electron chi connectivity index (χ1n) is 7.24. The molecule has 0 aromatic heterocycles. The molecule has 2 aromatic carbocycles. The van der Waals surface area contributed by atoms with E-state index in [4.69, 9.17) is 0 Å². The van der Waals surface area contributed by atoms with E-state index in [9.17, 15) is 4.79 Å². The summed E-state index contributed by atoms with van der Waals surface area (Å²) in [7, 11) is 0. The van der Waals surface area contributed by atoms with Crippen LogP contribution in [0.25, 0.3) is 5.57 Å². The molecule has 98 valence electrons. The molecule has 0 saturated heterocycles. The zero-order valence-corrected chi connectivity index (χ0v) is 11.3. The van der Waals surface area contributed by atoms with Crippen molar-refractivity contribution in [1.82, 2.24) is 0 Å². The molecule has 1 heteroatoms. The molecule has 0 radical (unpaired) electrons. The van der Waals surface area contributed by atoms with Crippen LogP contribution in [0.3, 0.4) is 0 Å². The second kappa shape index (κ2) is 4.45. The summed E-state index contributed by atoms with van der Waals surface area (Å²) in [4.78, 5) is 12.3. The summed E-state index contributed by atoms with van der Waals surface area (Å²) < 4.78 is 0. The van der Waals surface area contributed by atoms with Gasteiger partial charge in [0, 0.05) is 12.3 Å². The van der Waals surface area contributed by atoms with Gasteiger partial charge in [-0.05, 0) is 40.7 Å². The lowest BCUT2D eigenvalue weighted by molar-refractivity contribution is -0.115. The van der Waals surface area contributed by atoms with E-state index in [-0.39, 0.29) is 5.92 Å². The third-order valence-electron chi connectivity index (χ3n) is 4.55. The number of allylic oxidation sites excluding steroid dienone is 2. The van der Waals surface area contributed by atoms with Crippen LogP contribution in [0.15, 0.2) is 60.2 Å². The van der Waals surface area contributed by atoms with Gasteiger partial charge in [0.2, 0.25) is 0 Å². The van der Waals surface area contributed by atoms with Crippen LogP contribution in [0.5, 0.6) is 0 Å². The molecule has 0 bridgehead atoms. The molecule has 0 aliphatic heterocycles. The van der Waals surface area contributed by atoms with E-state index < -0.39 is 0 Å². The lowest BCUT2D eigenvalue weighted by atomic mass is 9.81. The second-order valence-corrected chi connectivity index (χ2v) is 5.64. The molecule has 0 fully saturated rings. The number of carbonyl (C=O) groups is 1. The quantitative estimate of drug-likeness (QED) is 0.753. The fourth-order valence-corrected chi connectivity index (χ4v) is 3.63. The van der Waals surface area contributed by atoms with Gasteiger partial charge in [-0.25, -0.2) is 0 Å². The number of hydrogen-bond acceptors (Lipinski definition) is 1. The van der Waals surface area contributed by atoms with Crippen LogP contribution in [-0.2, 0) is 11.2 Å². The Morgan fingerprint density at radius 2 is 1.60 bits per heavy atom. The number of fused-ring (bicyclic) bond motifs is 2. The van der Waals surface area contributed by atoms with Gasteiger partial charge < -0.3 is 0 Å². The van der Waals surface area contributed by atoms with Crippen LogP contribution < -0.4 is 0 Å². The van der Waals surface area contributed by atoms with Gasteiger partial charge in [-0.1, -0.05) is 54.6 Å². The number of Topliss-reactive ketones (excluding diaryl/α,β-unsaturated/α-hetero) is 1. The summed E-state index contributed by atoms with van der Waals surface area (Å²) >= 11 is 0. The zero-order chi connectivity index (χ0) is 13.5. The molecule has 0 heterocycles. The Hall–Kier alpha value is -2.15. The average Bonchev–Trinajstić information content (AvgIpc) is 2.86. The van der Waals surface area contributed by atoms with E-state index in [1.807, 2.05) is 6.07 Å². The maximum absolute atomic E-state index is 12.3. The van der Waals surface area contributed by atoms with E-state index in [1.54, 1.807) is 0 Å². The molecule has 1 atom stereocenters. The van der Waals surface area contributed by atoms with Crippen molar-refractivity contribution in [3.63, 3.8) is 0 Å². The Bertz CT molecular complexity index is 710. The largest absolute Gasteiger partial charge is 0.295 e. The van der Waals surface area contributed by atoms with Crippen LogP contribution in [0.1, 0.15) is 35.4 Å². The molecule has 2 aromatic rings. The van der Waals surface area contributed by atoms with Crippen LogP contribution in [-0.4, -0.2) is 5.78 Å². The van der Waals surface area contributed by atoms with Crippen molar-refractivity contribution in [3.05, 3.63) is 76.9 Å². The summed E-state index contributed by atoms with van der Waals surface area (Å²) in [6, 6.07) is 19.0. The Balaban J connectivity index is 1.89. The fourth-order valence-electron chi connectivity index (χ4n) is 3.63. The molecule has 0 N–H and O–H groups in total. The highest BCUT2D eigenvalue weighted by Gasteiger charge is 2.36. The van der Waals surface area contributed by atoms with Crippen LogP contribution in [0.4, 0.5) is 0 Å². The summed E-state index contributed by atoms with van der Waals surface area (Å²) in [5.41, 5.74) is 6.33. The number of rotatable bonds is 1. The number of carbonyl (C=O) groups excluding carboxylic acids is 1. The van der Waals surface area contributed by atoms with Gasteiger partial charge >= 0.3 is 0 Å². The summed E-state index contributed by atoms with van der Waals surface area (Å²) in [6.07, 6.45) is 2.56. The van der Waals surface area contributed by atoms with Crippen LogP contribution >= 0.6 is 0 Å². The molecule has 2 aliphatic rings. The predicted octanol–water partition coefficient (Wildman–Crippen LogP) is 4.14. The van der Waals surface area contributed by atoms with Gasteiger partial charge in [0.15, 0.2) is 5.78 Å². The third-order valence-corrected chi connectivity index (χ3v) is 4.55. The van der Waals surface area contributed by atoms with Crippen molar-refractivity contribution < 1.29 is 4.79 Å². The van der Waals surface area contributed by atoms with Crippen molar-refractivity contribution >= 4 is 11.4 Å². The minimum atomic E-state index is 0.250. The first-order chi connectivity index (χ1) is 9.84. The second-order valence-electron chi connectivity index (χ2n) is 5.64. The first kappa shape index (κ1) is 11.7.